The maximum atomic E-state index is 2.49. The van der Waals surface area contributed by atoms with Gasteiger partial charge in [-0.3, -0.25) is 0 Å². The predicted octanol–water partition coefficient (Wildman–Crippen LogP) is 16.4. The summed E-state index contributed by atoms with van der Waals surface area (Å²) in [6.07, 6.45) is 0. The third kappa shape index (κ3) is 5.80. The summed E-state index contributed by atoms with van der Waals surface area (Å²) in [6.45, 7) is 0. The van der Waals surface area contributed by atoms with Gasteiger partial charge in [0.1, 0.15) is 0 Å². The molecule has 0 heterocycles. The molecule has 0 amide bonds. The second kappa shape index (κ2) is 15.1. The summed E-state index contributed by atoms with van der Waals surface area (Å²) in [6, 6.07) is 93.4. The van der Waals surface area contributed by atoms with Crippen molar-refractivity contribution in [2.45, 2.75) is 5.41 Å². The molecule has 0 bridgehead atoms. The monoisotopic (exact) mass is 802 g/mol. The SMILES string of the molecule is c1ccc(N(c2ccccc2)c2ccc3c(c2)C(c2ccccc2)(c2ccccc2)c2cccc4c2c-3cc2c3ccccc3c(N(c3ccccc3)c3ccccc3)cc42)cc1. The Hall–Kier alpha value is -8.20. The minimum Gasteiger partial charge on any atom is -0.310 e. The quantitative estimate of drug-likeness (QED) is 0.141. The van der Waals surface area contributed by atoms with Gasteiger partial charge in [0.05, 0.1) is 11.1 Å². The average molecular weight is 803 g/mol. The number of fused-ring (bicyclic) bond motifs is 6. The fraction of sp³-hybridized carbons (Fsp3) is 0.0164. The highest BCUT2D eigenvalue weighted by molar-refractivity contribution is 6.25. The molecule has 0 unspecified atom stereocenters. The maximum absolute atomic E-state index is 2.49. The van der Waals surface area contributed by atoms with Crippen molar-refractivity contribution in [1.82, 2.24) is 0 Å². The summed E-state index contributed by atoms with van der Waals surface area (Å²) < 4.78 is 0. The molecule has 12 rings (SSSR count). The van der Waals surface area contributed by atoms with Gasteiger partial charge in [-0.15, -0.1) is 0 Å². The molecule has 0 atom stereocenters. The van der Waals surface area contributed by atoms with Crippen LogP contribution in [-0.4, -0.2) is 0 Å². The molecule has 296 valence electrons. The molecule has 2 nitrogen and oxygen atoms in total. The average Bonchev–Trinajstić information content (AvgIpc) is 3.36. The predicted molar refractivity (Wildman–Crippen MR) is 266 cm³/mol. The maximum Gasteiger partial charge on any atom is 0.0714 e. The Morgan fingerprint density at radius 1 is 0.254 bits per heavy atom. The van der Waals surface area contributed by atoms with Gasteiger partial charge in [-0.25, -0.2) is 0 Å². The molecule has 1 aliphatic carbocycles. The van der Waals surface area contributed by atoms with Crippen LogP contribution in [0.5, 0.6) is 0 Å². The van der Waals surface area contributed by atoms with Crippen LogP contribution in [0, 0.1) is 0 Å². The molecular weight excluding hydrogens is 761 g/mol. The van der Waals surface area contributed by atoms with E-state index < -0.39 is 5.41 Å². The van der Waals surface area contributed by atoms with E-state index in [1.807, 2.05) is 0 Å². The smallest absolute Gasteiger partial charge is 0.0714 e. The van der Waals surface area contributed by atoms with E-state index >= 15 is 0 Å². The molecule has 0 fully saturated rings. The largest absolute Gasteiger partial charge is 0.310 e. The van der Waals surface area contributed by atoms with E-state index in [1.165, 1.54) is 65.7 Å². The molecule has 0 aliphatic heterocycles. The van der Waals surface area contributed by atoms with Crippen molar-refractivity contribution in [3.8, 4) is 11.1 Å². The van der Waals surface area contributed by atoms with E-state index in [2.05, 4.69) is 265 Å². The lowest BCUT2D eigenvalue weighted by Crippen LogP contribution is -2.34. The number of rotatable bonds is 8. The van der Waals surface area contributed by atoms with E-state index in [1.54, 1.807) is 0 Å². The normalized spacial score (nSPS) is 12.6. The van der Waals surface area contributed by atoms with Gasteiger partial charge in [0.15, 0.2) is 0 Å². The van der Waals surface area contributed by atoms with E-state index in [9.17, 15) is 0 Å². The van der Waals surface area contributed by atoms with Crippen molar-refractivity contribution in [3.63, 3.8) is 0 Å². The molecule has 11 aromatic carbocycles. The third-order valence-corrected chi connectivity index (χ3v) is 13.0. The van der Waals surface area contributed by atoms with Crippen LogP contribution in [0.3, 0.4) is 0 Å². The van der Waals surface area contributed by atoms with Gasteiger partial charge >= 0.3 is 0 Å². The van der Waals surface area contributed by atoms with E-state index in [0.717, 1.165) is 34.1 Å². The first-order chi connectivity index (χ1) is 31.3. The summed E-state index contributed by atoms with van der Waals surface area (Å²) in [7, 11) is 0. The van der Waals surface area contributed by atoms with Crippen molar-refractivity contribution in [1.29, 1.82) is 0 Å². The highest BCUT2D eigenvalue weighted by Gasteiger charge is 2.45. The van der Waals surface area contributed by atoms with Crippen molar-refractivity contribution in [2.75, 3.05) is 9.80 Å². The molecule has 11 aromatic rings. The minimum absolute atomic E-state index is 0.646. The number of hydrogen-bond donors (Lipinski definition) is 0. The van der Waals surface area contributed by atoms with E-state index in [0.29, 0.717) is 0 Å². The molecule has 0 spiro atoms. The molecule has 1 aliphatic rings. The number of para-hydroxylation sites is 4. The van der Waals surface area contributed by atoms with Crippen molar-refractivity contribution >= 4 is 66.4 Å². The molecule has 0 N–H and O–H groups in total. The van der Waals surface area contributed by atoms with Gasteiger partial charge in [-0.1, -0.05) is 182 Å². The summed E-state index contributed by atoms with van der Waals surface area (Å²) in [5, 5.41) is 7.44. The Balaban J connectivity index is 1.22. The zero-order chi connectivity index (χ0) is 41.7. The summed E-state index contributed by atoms with van der Waals surface area (Å²) in [5.74, 6) is 0. The standard InChI is InChI=1S/C61H42N2/c1-7-22-43(23-8-1)61(44-24-9-2-10-25-44)57-37-21-36-53-55-42-59(63(47-30-15-5-16-31-47)48-32-17-6-18-33-48)52-35-20-19-34-50(52)54(55)41-56(60(53)57)51-39-38-49(40-58(51)61)62(45-26-11-3-12-27-45)46-28-13-4-14-29-46/h1-42H. The number of nitrogens with zero attached hydrogens (tertiary/aromatic N) is 2. The number of hydrogen-bond acceptors (Lipinski definition) is 2. The third-order valence-electron chi connectivity index (χ3n) is 13.0. The van der Waals surface area contributed by atoms with Gasteiger partial charge in [0.2, 0.25) is 0 Å². The summed E-state index contributed by atoms with van der Waals surface area (Å²) in [4.78, 5) is 4.80. The molecule has 0 saturated carbocycles. The van der Waals surface area contributed by atoms with Crippen LogP contribution < -0.4 is 9.80 Å². The molecule has 0 aromatic heterocycles. The second-order valence-electron chi connectivity index (χ2n) is 16.4. The van der Waals surface area contributed by atoms with E-state index in [-0.39, 0.29) is 0 Å². The van der Waals surface area contributed by atoms with Gasteiger partial charge in [-0.2, -0.15) is 0 Å². The van der Waals surface area contributed by atoms with Crippen LogP contribution in [0.15, 0.2) is 255 Å². The van der Waals surface area contributed by atoms with Crippen molar-refractivity contribution in [2.24, 2.45) is 0 Å². The van der Waals surface area contributed by atoms with Crippen molar-refractivity contribution < 1.29 is 0 Å². The summed E-state index contributed by atoms with van der Waals surface area (Å²) in [5.41, 5.74) is 13.6. The minimum atomic E-state index is -0.646. The van der Waals surface area contributed by atoms with E-state index in [4.69, 9.17) is 0 Å². The zero-order valence-electron chi connectivity index (χ0n) is 34.6. The lowest BCUT2D eigenvalue weighted by Gasteiger charge is -2.43. The summed E-state index contributed by atoms with van der Waals surface area (Å²) >= 11 is 0. The lowest BCUT2D eigenvalue weighted by molar-refractivity contribution is 0.750. The van der Waals surface area contributed by atoms with Crippen LogP contribution in [-0.2, 0) is 5.41 Å². The Kier molecular flexibility index (Phi) is 8.76. The Morgan fingerprint density at radius 3 is 1.24 bits per heavy atom. The first-order valence-electron chi connectivity index (χ1n) is 21.8. The fourth-order valence-corrected chi connectivity index (χ4v) is 10.5. The molecule has 0 radical (unpaired) electrons. The van der Waals surface area contributed by atoms with Crippen LogP contribution in [0.4, 0.5) is 34.1 Å². The fourth-order valence-electron chi connectivity index (χ4n) is 10.5. The first kappa shape index (κ1) is 36.6. The Labute approximate surface area is 368 Å². The van der Waals surface area contributed by atoms with Gasteiger partial charge in [0.25, 0.3) is 0 Å². The molecule has 2 heteroatoms. The highest BCUT2D eigenvalue weighted by Crippen LogP contribution is 2.58. The van der Waals surface area contributed by atoms with Gasteiger partial charge < -0.3 is 9.80 Å². The Morgan fingerprint density at radius 2 is 0.698 bits per heavy atom. The van der Waals surface area contributed by atoms with Gasteiger partial charge in [-0.05, 0) is 133 Å². The second-order valence-corrected chi connectivity index (χ2v) is 16.4. The molecule has 63 heavy (non-hydrogen) atoms. The number of benzene rings is 11. The molecular formula is C61H42N2. The van der Waals surface area contributed by atoms with Crippen LogP contribution in [0.1, 0.15) is 22.3 Å². The van der Waals surface area contributed by atoms with Crippen LogP contribution in [0.25, 0.3) is 43.4 Å². The topological polar surface area (TPSA) is 6.48 Å². The van der Waals surface area contributed by atoms with Gasteiger partial charge in [0, 0.05) is 33.8 Å². The lowest BCUT2D eigenvalue weighted by atomic mass is 9.59. The van der Waals surface area contributed by atoms with Crippen LogP contribution >= 0.6 is 0 Å². The zero-order valence-corrected chi connectivity index (χ0v) is 34.6. The van der Waals surface area contributed by atoms with Crippen LogP contribution in [0.2, 0.25) is 0 Å². The highest BCUT2D eigenvalue weighted by atomic mass is 15.1. The van der Waals surface area contributed by atoms with Crippen molar-refractivity contribution in [3.05, 3.63) is 277 Å². The molecule has 0 saturated heterocycles. The Bertz CT molecular complexity index is 3310. The number of anilines is 6. The first-order valence-corrected chi connectivity index (χ1v) is 21.8.